The number of carbonyl (C=O) groups is 2. The summed E-state index contributed by atoms with van der Waals surface area (Å²) < 4.78 is 5.43. The number of allylic oxidation sites excluding steroid dienone is 5. The third-order valence-electron chi connectivity index (χ3n) is 9.92. The van der Waals surface area contributed by atoms with E-state index in [4.69, 9.17) is 4.74 Å². The fraction of sp³-hybridized carbons (Fsp3) is 0.826. The molecule has 0 aromatic rings. The average Bonchev–Trinajstić information content (AvgIpc) is 3.14. The van der Waals surface area contributed by atoms with E-state index in [2.05, 4.69) is 37.4 Å². The zero-order valence-corrected chi connectivity index (χ0v) is 34.3. The summed E-state index contributed by atoms with van der Waals surface area (Å²) in [7, 11) is 0. The minimum atomic E-state index is -0.876. The Kier molecular flexibility index (Phi) is 40.3. The number of esters is 1. The van der Waals surface area contributed by atoms with E-state index in [1.54, 1.807) is 6.08 Å². The Labute approximate surface area is 322 Å². The predicted octanol–water partition coefficient (Wildman–Crippen LogP) is 12.6. The van der Waals surface area contributed by atoms with E-state index >= 15 is 0 Å². The molecule has 0 heterocycles. The summed E-state index contributed by atoms with van der Waals surface area (Å²) in [4.78, 5) is 24.3. The van der Waals surface area contributed by atoms with Crippen molar-refractivity contribution >= 4 is 11.9 Å². The minimum absolute atomic E-state index is 0.0185. The van der Waals surface area contributed by atoms with Gasteiger partial charge in [0.25, 0.3) is 0 Å². The molecule has 0 spiro atoms. The smallest absolute Gasteiger partial charge is 0.305 e. The summed E-state index contributed by atoms with van der Waals surface area (Å²) in [6.07, 6.45) is 48.6. The first-order valence-corrected chi connectivity index (χ1v) is 22.3. The maximum atomic E-state index is 12.3. The molecule has 2 unspecified atom stereocenters. The lowest BCUT2D eigenvalue weighted by atomic mass is 10.0. The second-order valence-electron chi connectivity index (χ2n) is 15.0. The van der Waals surface area contributed by atoms with E-state index in [0.29, 0.717) is 25.9 Å². The Hall–Kier alpha value is -1.92. The fourth-order valence-corrected chi connectivity index (χ4v) is 6.44. The second-order valence-corrected chi connectivity index (χ2v) is 15.0. The van der Waals surface area contributed by atoms with Crippen LogP contribution in [0, 0.1) is 0 Å². The highest BCUT2D eigenvalue weighted by Gasteiger charge is 2.17. The van der Waals surface area contributed by atoms with Gasteiger partial charge in [0.2, 0.25) is 5.91 Å². The first kappa shape index (κ1) is 50.1. The molecule has 0 rings (SSSR count). The summed E-state index contributed by atoms with van der Waals surface area (Å²) in [6, 6.07) is -0.669. The summed E-state index contributed by atoms with van der Waals surface area (Å²) in [5.41, 5.74) is 0. The fourth-order valence-electron chi connectivity index (χ4n) is 6.44. The SMILES string of the molecule is CCCCCCCCC/C=C/C(O)C(CO)NC(=O)CC/C=C\C/C=C\CCCCCCCCOC(=O)CCCCCCCCCCCCCCC. The number of ether oxygens (including phenoxy) is 1. The highest BCUT2D eigenvalue weighted by molar-refractivity contribution is 5.76. The van der Waals surface area contributed by atoms with Gasteiger partial charge in [0, 0.05) is 12.8 Å². The Morgan fingerprint density at radius 3 is 1.50 bits per heavy atom. The van der Waals surface area contributed by atoms with Crippen LogP contribution in [0.2, 0.25) is 0 Å². The Morgan fingerprint density at radius 1 is 0.538 bits per heavy atom. The third-order valence-corrected chi connectivity index (χ3v) is 9.92. The Morgan fingerprint density at radius 2 is 0.981 bits per heavy atom. The van der Waals surface area contributed by atoms with Crippen LogP contribution in [-0.4, -0.2) is 47.4 Å². The lowest BCUT2D eigenvalue weighted by molar-refractivity contribution is -0.143. The van der Waals surface area contributed by atoms with Crippen molar-refractivity contribution < 1.29 is 24.5 Å². The molecule has 0 aromatic heterocycles. The molecule has 1 amide bonds. The largest absolute Gasteiger partial charge is 0.466 e. The van der Waals surface area contributed by atoms with Crippen molar-refractivity contribution in [1.82, 2.24) is 5.32 Å². The van der Waals surface area contributed by atoms with Gasteiger partial charge in [-0.2, -0.15) is 0 Å². The van der Waals surface area contributed by atoms with Crippen molar-refractivity contribution in [3.8, 4) is 0 Å². The van der Waals surface area contributed by atoms with E-state index in [1.165, 1.54) is 135 Å². The van der Waals surface area contributed by atoms with Gasteiger partial charge in [-0.3, -0.25) is 9.59 Å². The first-order chi connectivity index (χ1) is 25.5. The van der Waals surface area contributed by atoms with Crippen molar-refractivity contribution in [3.63, 3.8) is 0 Å². The number of amides is 1. The molecule has 6 heteroatoms. The number of hydrogen-bond donors (Lipinski definition) is 3. The van der Waals surface area contributed by atoms with Gasteiger partial charge in [0.15, 0.2) is 0 Å². The molecule has 0 fully saturated rings. The van der Waals surface area contributed by atoms with E-state index in [9.17, 15) is 19.8 Å². The van der Waals surface area contributed by atoms with Gasteiger partial charge in [-0.15, -0.1) is 0 Å². The van der Waals surface area contributed by atoms with Crippen molar-refractivity contribution in [2.24, 2.45) is 0 Å². The quantitative estimate of drug-likeness (QED) is 0.0331. The van der Waals surface area contributed by atoms with Crippen molar-refractivity contribution in [2.75, 3.05) is 13.2 Å². The van der Waals surface area contributed by atoms with Gasteiger partial charge in [0.1, 0.15) is 0 Å². The molecule has 0 saturated heterocycles. The summed E-state index contributed by atoms with van der Waals surface area (Å²) in [5.74, 6) is -0.171. The maximum Gasteiger partial charge on any atom is 0.305 e. The van der Waals surface area contributed by atoms with E-state index in [-0.39, 0.29) is 18.5 Å². The zero-order valence-electron chi connectivity index (χ0n) is 34.3. The number of rotatable bonds is 40. The van der Waals surface area contributed by atoms with Gasteiger partial charge < -0.3 is 20.3 Å². The van der Waals surface area contributed by atoms with Gasteiger partial charge in [0.05, 0.1) is 25.4 Å². The second kappa shape index (κ2) is 41.8. The molecule has 0 aliphatic carbocycles. The van der Waals surface area contributed by atoms with Crippen LogP contribution in [0.1, 0.15) is 219 Å². The number of nitrogens with one attached hydrogen (secondary N) is 1. The number of unbranched alkanes of at least 4 members (excludes halogenated alkanes) is 25. The van der Waals surface area contributed by atoms with Gasteiger partial charge in [-0.25, -0.2) is 0 Å². The van der Waals surface area contributed by atoms with Crippen LogP contribution in [0.25, 0.3) is 0 Å². The Balaban J connectivity index is 3.57. The van der Waals surface area contributed by atoms with Crippen molar-refractivity contribution in [1.29, 1.82) is 0 Å². The molecule has 304 valence electrons. The van der Waals surface area contributed by atoms with Gasteiger partial charge >= 0.3 is 5.97 Å². The monoisotopic (exact) mass is 732 g/mol. The molecular weight excluding hydrogens is 647 g/mol. The molecule has 2 atom stereocenters. The van der Waals surface area contributed by atoms with Gasteiger partial charge in [-0.1, -0.05) is 192 Å². The van der Waals surface area contributed by atoms with Crippen LogP contribution in [0.15, 0.2) is 36.5 Å². The minimum Gasteiger partial charge on any atom is -0.466 e. The zero-order chi connectivity index (χ0) is 38.0. The molecule has 52 heavy (non-hydrogen) atoms. The van der Waals surface area contributed by atoms with E-state index in [0.717, 1.165) is 51.4 Å². The maximum absolute atomic E-state index is 12.3. The van der Waals surface area contributed by atoms with Gasteiger partial charge in [-0.05, 0) is 51.4 Å². The van der Waals surface area contributed by atoms with Crippen LogP contribution in [0.5, 0.6) is 0 Å². The summed E-state index contributed by atoms with van der Waals surface area (Å²) >= 11 is 0. The number of aliphatic hydroxyl groups excluding tert-OH is 2. The molecule has 0 aliphatic rings. The van der Waals surface area contributed by atoms with Crippen LogP contribution >= 0.6 is 0 Å². The number of hydrogen-bond acceptors (Lipinski definition) is 5. The van der Waals surface area contributed by atoms with Crippen molar-refractivity contribution in [3.05, 3.63) is 36.5 Å². The molecule has 0 aliphatic heterocycles. The summed E-state index contributed by atoms with van der Waals surface area (Å²) in [5, 5.41) is 22.8. The molecule has 0 saturated carbocycles. The number of aliphatic hydroxyl groups is 2. The lowest BCUT2D eigenvalue weighted by Crippen LogP contribution is -2.45. The molecule has 0 radical (unpaired) electrons. The molecule has 3 N–H and O–H groups in total. The van der Waals surface area contributed by atoms with E-state index in [1.807, 2.05) is 12.2 Å². The first-order valence-electron chi connectivity index (χ1n) is 22.3. The topological polar surface area (TPSA) is 95.9 Å². The lowest BCUT2D eigenvalue weighted by Gasteiger charge is -2.19. The molecule has 0 aromatic carbocycles. The van der Waals surface area contributed by atoms with Crippen LogP contribution in [0.3, 0.4) is 0 Å². The number of carbonyl (C=O) groups excluding carboxylic acids is 2. The van der Waals surface area contributed by atoms with Crippen LogP contribution < -0.4 is 5.32 Å². The van der Waals surface area contributed by atoms with Crippen LogP contribution in [-0.2, 0) is 14.3 Å². The normalized spacial score (nSPS) is 13.1. The molecule has 6 nitrogen and oxygen atoms in total. The highest BCUT2D eigenvalue weighted by atomic mass is 16.5. The standard InChI is InChI=1S/C46H85NO5/c1-3-5-7-9-11-13-14-16-20-24-28-32-36-40-46(51)52-41-37-33-29-25-21-18-15-17-19-23-27-31-35-39-45(50)47-43(42-48)44(49)38-34-30-26-22-12-10-8-6-4-2/h17,19,27,31,34,38,43-44,48-49H,3-16,18,20-26,28-30,32-33,35-37,39-42H2,1-2H3,(H,47,50)/b19-17-,31-27-,38-34+. The van der Waals surface area contributed by atoms with Crippen LogP contribution in [0.4, 0.5) is 0 Å². The Bertz CT molecular complexity index is 854. The highest BCUT2D eigenvalue weighted by Crippen LogP contribution is 2.14. The third kappa shape index (κ3) is 37.8. The average molecular weight is 732 g/mol. The van der Waals surface area contributed by atoms with E-state index < -0.39 is 12.1 Å². The predicted molar refractivity (Wildman–Crippen MR) is 222 cm³/mol. The molecule has 0 bridgehead atoms. The molecular formula is C46H85NO5. The summed E-state index contributed by atoms with van der Waals surface area (Å²) in [6.45, 7) is 4.79. The van der Waals surface area contributed by atoms with Crippen molar-refractivity contribution in [2.45, 2.75) is 231 Å².